The Hall–Kier alpha value is -1.92. The molecule has 0 aromatic carbocycles. The summed E-state index contributed by atoms with van der Waals surface area (Å²) in [7, 11) is 0. The molecular weight excluding hydrogens is 320 g/mol. The van der Waals surface area contributed by atoms with E-state index in [1.54, 1.807) is 23.6 Å². The van der Waals surface area contributed by atoms with Gasteiger partial charge >= 0.3 is 0 Å². The molecule has 3 heterocycles. The number of carbonyl (C=O) groups excluding carboxylic acids is 1. The maximum atomic E-state index is 12.7. The fraction of sp³-hybridized carbons (Fsp3) is 0.444. The molecule has 0 radical (unpaired) electrons. The van der Waals surface area contributed by atoms with Gasteiger partial charge in [-0.15, -0.1) is 17.9 Å². The minimum absolute atomic E-state index is 0.175. The minimum atomic E-state index is 0.175. The maximum absolute atomic E-state index is 12.7. The maximum Gasteiger partial charge on any atom is 0.237 e. The van der Waals surface area contributed by atoms with Crippen LogP contribution in [0.25, 0.3) is 0 Å². The highest BCUT2D eigenvalue weighted by Crippen LogP contribution is 2.25. The van der Waals surface area contributed by atoms with Crippen molar-refractivity contribution in [3.05, 3.63) is 53.0 Å². The van der Waals surface area contributed by atoms with Crippen molar-refractivity contribution in [2.45, 2.75) is 25.3 Å². The molecular formula is C18H24N4OS. The van der Waals surface area contributed by atoms with Gasteiger partial charge in [0.05, 0.1) is 13.1 Å². The molecule has 0 aliphatic carbocycles. The quantitative estimate of drug-likeness (QED) is 0.786. The Balaban J connectivity index is 1.58. The molecule has 0 unspecified atom stereocenters. The smallest absolute Gasteiger partial charge is 0.237 e. The molecule has 0 saturated carbocycles. The van der Waals surface area contributed by atoms with Crippen molar-refractivity contribution >= 4 is 17.2 Å². The van der Waals surface area contributed by atoms with Crippen LogP contribution < -0.4 is 0 Å². The van der Waals surface area contributed by atoms with Gasteiger partial charge < -0.3 is 4.90 Å². The van der Waals surface area contributed by atoms with Crippen molar-refractivity contribution in [2.24, 2.45) is 0 Å². The van der Waals surface area contributed by atoms with Crippen molar-refractivity contribution in [3.63, 3.8) is 0 Å². The van der Waals surface area contributed by atoms with E-state index in [0.29, 0.717) is 25.6 Å². The van der Waals surface area contributed by atoms with Gasteiger partial charge in [-0.2, -0.15) is 5.10 Å². The van der Waals surface area contributed by atoms with E-state index in [-0.39, 0.29) is 5.91 Å². The molecule has 5 nitrogen and oxygen atoms in total. The summed E-state index contributed by atoms with van der Waals surface area (Å²) in [4.78, 5) is 18.1. The first-order valence-corrected chi connectivity index (χ1v) is 9.27. The van der Waals surface area contributed by atoms with Gasteiger partial charge in [0.25, 0.3) is 0 Å². The summed E-state index contributed by atoms with van der Waals surface area (Å²) in [5, 5.41) is 9.17. The number of amides is 1. The number of hydrogen-bond acceptors (Lipinski definition) is 4. The Labute approximate surface area is 147 Å². The highest BCUT2D eigenvalue weighted by atomic mass is 32.1. The molecule has 128 valence electrons. The third-order valence-electron chi connectivity index (χ3n) is 4.46. The summed E-state index contributed by atoms with van der Waals surface area (Å²) in [5.41, 5.74) is 1.17. The standard InChI is InChI=1S/C18H24N4OS/c1-2-9-22(13-16-6-4-11-24-16)18(23)14-21-10-3-5-15(12-21)17-7-8-19-20-17/h2,4,6-8,11,15H,1,3,5,9-10,12-14H2,(H,19,20)/t15-/m1/s1. The average molecular weight is 344 g/mol. The second-order valence-corrected chi connectivity index (χ2v) is 7.26. The average Bonchev–Trinajstić information content (AvgIpc) is 3.28. The lowest BCUT2D eigenvalue weighted by atomic mass is 9.95. The van der Waals surface area contributed by atoms with Gasteiger partial charge in [-0.1, -0.05) is 12.1 Å². The highest BCUT2D eigenvalue weighted by Gasteiger charge is 2.25. The van der Waals surface area contributed by atoms with Crippen molar-refractivity contribution in [2.75, 3.05) is 26.2 Å². The molecule has 6 heteroatoms. The van der Waals surface area contributed by atoms with Crippen LogP contribution in [0.3, 0.4) is 0 Å². The van der Waals surface area contributed by atoms with E-state index in [1.165, 1.54) is 10.6 Å². The molecule has 1 amide bonds. The topological polar surface area (TPSA) is 52.2 Å². The number of nitrogens with zero attached hydrogens (tertiary/aromatic N) is 3. The molecule has 0 spiro atoms. The monoisotopic (exact) mass is 344 g/mol. The zero-order chi connectivity index (χ0) is 16.8. The van der Waals surface area contributed by atoms with Crippen LogP contribution >= 0.6 is 11.3 Å². The van der Waals surface area contributed by atoms with Crippen LogP contribution in [-0.4, -0.2) is 52.1 Å². The summed E-state index contributed by atoms with van der Waals surface area (Å²) >= 11 is 1.69. The Morgan fingerprint density at radius 3 is 3.17 bits per heavy atom. The Morgan fingerprint density at radius 2 is 2.46 bits per heavy atom. The fourth-order valence-corrected chi connectivity index (χ4v) is 3.96. The molecule has 1 saturated heterocycles. The van der Waals surface area contributed by atoms with Crippen LogP contribution in [-0.2, 0) is 11.3 Å². The Kier molecular flexibility index (Phi) is 5.82. The predicted octanol–water partition coefficient (Wildman–Crippen LogP) is 2.87. The van der Waals surface area contributed by atoms with Crippen molar-refractivity contribution in [1.29, 1.82) is 0 Å². The SMILES string of the molecule is C=CCN(Cc1cccs1)C(=O)CN1CCC[C@@H](c2ccn[nH]2)C1. The van der Waals surface area contributed by atoms with Crippen molar-refractivity contribution in [3.8, 4) is 0 Å². The molecule has 2 aromatic rings. The molecule has 0 bridgehead atoms. The largest absolute Gasteiger partial charge is 0.333 e. The Morgan fingerprint density at radius 1 is 1.54 bits per heavy atom. The number of hydrogen-bond donors (Lipinski definition) is 1. The molecule has 1 aliphatic heterocycles. The number of aromatic nitrogens is 2. The fourth-order valence-electron chi connectivity index (χ4n) is 3.24. The lowest BCUT2D eigenvalue weighted by molar-refractivity contribution is -0.132. The zero-order valence-corrected chi connectivity index (χ0v) is 14.7. The number of nitrogens with one attached hydrogen (secondary N) is 1. The normalized spacial score (nSPS) is 18.4. The first-order chi connectivity index (χ1) is 11.8. The van der Waals surface area contributed by atoms with E-state index >= 15 is 0 Å². The van der Waals surface area contributed by atoms with E-state index in [0.717, 1.165) is 25.9 Å². The molecule has 2 aromatic heterocycles. The van der Waals surface area contributed by atoms with Gasteiger partial charge in [0, 0.05) is 35.8 Å². The van der Waals surface area contributed by atoms with Crippen LogP contribution in [0.15, 0.2) is 42.4 Å². The predicted molar refractivity (Wildman–Crippen MR) is 96.9 cm³/mol. The molecule has 1 atom stereocenters. The number of aromatic amines is 1. The van der Waals surface area contributed by atoms with Gasteiger partial charge in [0.1, 0.15) is 0 Å². The van der Waals surface area contributed by atoms with Gasteiger partial charge in [0.2, 0.25) is 5.91 Å². The number of rotatable bonds is 7. The zero-order valence-electron chi connectivity index (χ0n) is 13.9. The third-order valence-corrected chi connectivity index (χ3v) is 5.32. The van der Waals surface area contributed by atoms with Gasteiger partial charge in [0.15, 0.2) is 0 Å². The van der Waals surface area contributed by atoms with Gasteiger partial charge in [-0.25, -0.2) is 0 Å². The van der Waals surface area contributed by atoms with E-state index in [9.17, 15) is 4.79 Å². The lowest BCUT2D eigenvalue weighted by Crippen LogP contribution is -2.43. The number of thiophene rings is 1. The second kappa shape index (κ2) is 8.26. The van der Waals surface area contributed by atoms with E-state index in [2.05, 4.69) is 27.7 Å². The molecule has 24 heavy (non-hydrogen) atoms. The van der Waals surface area contributed by atoms with Gasteiger partial charge in [-0.3, -0.25) is 14.8 Å². The number of carbonyl (C=O) groups is 1. The third kappa shape index (κ3) is 4.33. The van der Waals surface area contributed by atoms with E-state index < -0.39 is 0 Å². The van der Waals surface area contributed by atoms with Crippen molar-refractivity contribution < 1.29 is 4.79 Å². The summed E-state index contributed by atoms with van der Waals surface area (Å²) in [6.07, 6.45) is 5.86. The first kappa shape index (κ1) is 16.9. The molecule has 3 rings (SSSR count). The van der Waals surface area contributed by atoms with Crippen LogP contribution in [0.1, 0.15) is 29.3 Å². The number of likely N-dealkylation sites (tertiary alicyclic amines) is 1. The Bertz CT molecular complexity index is 638. The van der Waals surface area contributed by atoms with Crippen LogP contribution in [0.2, 0.25) is 0 Å². The minimum Gasteiger partial charge on any atom is -0.333 e. The van der Waals surface area contributed by atoms with Crippen LogP contribution in [0.5, 0.6) is 0 Å². The summed E-state index contributed by atoms with van der Waals surface area (Å²) in [6, 6.07) is 6.14. The molecule has 1 aliphatic rings. The van der Waals surface area contributed by atoms with E-state index in [1.807, 2.05) is 22.4 Å². The molecule has 1 fully saturated rings. The second-order valence-electron chi connectivity index (χ2n) is 6.23. The van der Waals surface area contributed by atoms with Crippen molar-refractivity contribution in [1.82, 2.24) is 20.0 Å². The summed E-state index contributed by atoms with van der Waals surface area (Å²) < 4.78 is 0. The summed E-state index contributed by atoms with van der Waals surface area (Å²) in [5.74, 6) is 0.618. The van der Waals surface area contributed by atoms with Crippen LogP contribution in [0, 0.1) is 0 Å². The van der Waals surface area contributed by atoms with E-state index in [4.69, 9.17) is 0 Å². The summed E-state index contributed by atoms with van der Waals surface area (Å²) in [6.45, 7) is 7.42. The lowest BCUT2D eigenvalue weighted by Gasteiger charge is -2.33. The highest BCUT2D eigenvalue weighted by molar-refractivity contribution is 7.09. The van der Waals surface area contributed by atoms with Crippen LogP contribution in [0.4, 0.5) is 0 Å². The molecule has 1 N–H and O–H groups in total. The van der Waals surface area contributed by atoms with Gasteiger partial charge in [-0.05, 0) is 36.9 Å². The number of piperidine rings is 1. The first-order valence-electron chi connectivity index (χ1n) is 8.39. The number of H-pyrrole nitrogens is 1.